The van der Waals surface area contributed by atoms with Crippen LogP contribution in [0.4, 0.5) is 11.5 Å². The van der Waals surface area contributed by atoms with Crippen molar-refractivity contribution in [1.29, 1.82) is 5.41 Å². The van der Waals surface area contributed by atoms with Crippen molar-refractivity contribution in [2.24, 2.45) is 12.1 Å². The number of carbonyl (C=O) groups is 1. The van der Waals surface area contributed by atoms with E-state index in [1.807, 2.05) is 6.92 Å². The summed E-state index contributed by atoms with van der Waals surface area (Å²) in [6.45, 7) is 2.46. The van der Waals surface area contributed by atoms with Crippen LogP contribution in [0.2, 0.25) is 0 Å². The van der Waals surface area contributed by atoms with Crippen LogP contribution in [0.3, 0.4) is 0 Å². The van der Waals surface area contributed by atoms with Crippen molar-refractivity contribution in [1.82, 2.24) is 19.7 Å². The number of ether oxygens (including phenoxy) is 1. The van der Waals surface area contributed by atoms with E-state index in [9.17, 15) is 4.79 Å². The minimum atomic E-state index is -0.168. The molecule has 0 aromatic carbocycles. The third-order valence-electron chi connectivity index (χ3n) is 4.52. The number of likely N-dealkylation sites (tertiary alicyclic amines) is 1. The average molecular weight is 384 g/mol. The molecule has 1 aliphatic rings. The summed E-state index contributed by atoms with van der Waals surface area (Å²) in [6, 6.07) is 3.44. The Balaban J connectivity index is 1.75. The molecule has 0 saturated carbocycles. The van der Waals surface area contributed by atoms with Gasteiger partial charge in [0.2, 0.25) is 5.88 Å². The highest BCUT2D eigenvalue weighted by atomic mass is 16.5. The first kappa shape index (κ1) is 19.3. The van der Waals surface area contributed by atoms with Crippen LogP contribution in [-0.2, 0) is 7.05 Å². The van der Waals surface area contributed by atoms with Gasteiger partial charge in [0.25, 0.3) is 5.91 Å². The van der Waals surface area contributed by atoms with Gasteiger partial charge in [-0.2, -0.15) is 10.2 Å². The first-order valence-electron chi connectivity index (χ1n) is 8.99. The maximum absolute atomic E-state index is 13.2. The summed E-state index contributed by atoms with van der Waals surface area (Å²) >= 11 is 0. The summed E-state index contributed by atoms with van der Waals surface area (Å²) in [4.78, 5) is 19.1. The van der Waals surface area contributed by atoms with Crippen molar-refractivity contribution in [2.45, 2.75) is 31.9 Å². The number of aromatic nitrogens is 3. The molecule has 10 heteroatoms. The van der Waals surface area contributed by atoms with Crippen LogP contribution < -0.4 is 15.9 Å². The normalized spacial score (nSPS) is 19.6. The third-order valence-corrected chi connectivity index (χ3v) is 4.52. The number of anilines is 2. The lowest BCUT2D eigenvalue weighted by Crippen LogP contribution is -2.49. The fraction of sp³-hybridized carbons (Fsp3) is 0.389. The molecule has 148 valence electrons. The monoisotopic (exact) mass is 384 g/mol. The maximum atomic E-state index is 13.2. The van der Waals surface area contributed by atoms with E-state index in [1.54, 1.807) is 41.2 Å². The fourth-order valence-corrected chi connectivity index (χ4v) is 3.13. The summed E-state index contributed by atoms with van der Waals surface area (Å²) in [7, 11) is 1.74. The number of nitrogens with two attached hydrogens (primary N) is 1. The second kappa shape index (κ2) is 8.51. The van der Waals surface area contributed by atoms with Crippen molar-refractivity contribution in [2.75, 3.05) is 17.7 Å². The number of piperidine rings is 1. The van der Waals surface area contributed by atoms with E-state index in [0.29, 0.717) is 29.5 Å². The Morgan fingerprint density at radius 1 is 1.50 bits per heavy atom. The number of hydrogen-bond acceptors (Lipinski definition) is 8. The zero-order valence-electron chi connectivity index (χ0n) is 15.9. The highest BCUT2D eigenvalue weighted by Gasteiger charge is 2.32. The summed E-state index contributed by atoms with van der Waals surface area (Å²) in [5, 5.41) is 15.1. The lowest BCUT2D eigenvalue weighted by Gasteiger charge is -2.37. The van der Waals surface area contributed by atoms with Gasteiger partial charge in [0, 0.05) is 43.5 Å². The zero-order chi connectivity index (χ0) is 20.1. The summed E-state index contributed by atoms with van der Waals surface area (Å²) in [6.07, 6.45) is 7.03. The number of nitrogen functional groups attached to an aromatic ring is 1. The van der Waals surface area contributed by atoms with E-state index >= 15 is 0 Å². The molecule has 0 unspecified atom stereocenters. The van der Waals surface area contributed by atoms with Crippen LogP contribution in [0.5, 0.6) is 5.88 Å². The SMILES string of the molecule is C[C@@H]1CC[C@@H](Oc2cc(N)ccn2)CN1C(=O)c1cn(C)nc1N/N=C\C=N. The van der Waals surface area contributed by atoms with Crippen molar-refractivity contribution >= 4 is 29.8 Å². The van der Waals surface area contributed by atoms with Crippen molar-refractivity contribution in [3.8, 4) is 5.88 Å². The van der Waals surface area contributed by atoms with Gasteiger partial charge in [-0.25, -0.2) is 4.98 Å². The molecule has 1 fully saturated rings. The molecule has 2 aromatic rings. The van der Waals surface area contributed by atoms with Crippen LogP contribution in [0.15, 0.2) is 29.6 Å². The molecule has 0 bridgehead atoms. The van der Waals surface area contributed by atoms with Crippen molar-refractivity contribution < 1.29 is 9.53 Å². The number of rotatable bonds is 6. The van der Waals surface area contributed by atoms with Gasteiger partial charge in [0.15, 0.2) is 5.82 Å². The first-order chi connectivity index (χ1) is 13.5. The van der Waals surface area contributed by atoms with Gasteiger partial charge in [0.1, 0.15) is 11.7 Å². The first-order valence-corrected chi connectivity index (χ1v) is 8.99. The van der Waals surface area contributed by atoms with Crippen LogP contribution in [0.1, 0.15) is 30.1 Å². The number of nitrogens with zero attached hydrogens (tertiary/aromatic N) is 5. The molecule has 1 amide bonds. The van der Waals surface area contributed by atoms with Gasteiger partial charge >= 0.3 is 0 Å². The van der Waals surface area contributed by atoms with E-state index in [0.717, 1.165) is 19.1 Å². The van der Waals surface area contributed by atoms with Crippen LogP contribution in [-0.4, -0.2) is 56.7 Å². The van der Waals surface area contributed by atoms with E-state index in [4.69, 9.17) is 15.9 Å². The number of aryl methyl sites for hydroxylation is 1. The molecule has 3 heterocycles. The highest BCUT2D eigenvalue weighted by molar-refractivity contribution is 6.14. The predicted molar refractivity (Wildman–Crippen MR) is 107 cm³/mol. The van der Waals surface area contributed by atoms with E-state index in [-0.39, 0.29) is 18.1 Å². The molecule has 10 nitrogen and oxygen atoms in total. The number of hydrazone groups is 1. The molecule has 28 heavy (non-hydrogen) atoms. The third kappa shape index (κ3) is 4.45. The van der Waals surface area contributed by atoms with Gasteiger partial charge < -0.3 is 20.8 Å². The Labute approximate surface area is 162 Å². The van der Waals surface area contributed by atoms with Gasteiger partial charge in [0.05, 0.1) is 12.8 Å². The quantitative estimate of drug-likeness (QED) is 0.510. The highest BCUT2D eigenvalue weighted by Crippen LogP contribution is 2.25. The number of hydrogen-bond donors (Lipinski definition) is 3. The molecule has 3 rings (SSSR count). The molecule has 4 N–H and O–H groups in total. The van der Waals surface area contributed by atoms with E-state index in [1.165, 1.54) is 6.21 Å². The Morgan fingerprint density at radius 2 is 2.32 bits per heavy atom. The molecule has 0 aliphatic carbocycles. The Hall–Kier alpha value is -3.43. The fourth-order valence-electron chi connectivity index (χ4n) is 3.13. The Morgan fingerprint density at radius 3 is 3.07 bits per heavy atom. The average Bonchev–Trinajstić information content (AvgIpc) is 3.03. The van der Waals surface area contributed by atoms with Gasteiger partial charge in [-0.3, -0.25) is 14.9 Å². The standard InChI is InChI=1S/C18H24N8O2/c1-12-3-4-14(28-16-9-13(20)5-7-21-16)10-26(12)18(27)15-11-25(2)24-17(15)23-22-8-6-19/h5-9,11-12,14,19H,3-4,10H2,1-2H3,(H2,20,21)(H,23,24)/b19-6?,22-8-/t12-,14-/m1/s1. The largest absolute Gasteiger partial charge is 0.472 e. The molecule has 0 spiro atoms. The molecule has 0 radical (unpaired) electrons. The molecule has 1 saturated heterocycles. The number of amides is 1. The lowest BCUT2D eigenvalue weighted by molar-refractivity contribution is 0.0374. The Bertz CT molecular complexity index is 878. The summed E-state index contributed by atoms with van der Waals surface area (Å²) in [5.41, 5.74) is 9.49. The number of pyridine rings is 1. The zero-order valence-corrected chi connectivity index (χ0v) is 15.9. The molecule has 2 atom stereocenters. The smallest absolute Gasteiger partial charge is 0.259 e. The van der Waals surface area contributed by atoms with E-state index < -0.39 is 0 Å². The molecular weight excluding hydrogens is 360 g/mol. The van der Waals surface area contributed by atoms with Gasteiger partial charge in [-0.15, -0.1) is 0 Å². The number of nitrogens with one attached hydrogen (secondary N) is 2. The Kier molecular flexibility index (Phi) is 5.87. The predicted octanol–water partition coefficient (Wildman–Crippen LogP) is 1.52. The van der Waals surface area contributed by atoms with Crippen LogP contribution >= 0.6 is 0 Å². The van der Waals surface area contributed by atoms with Gasteiger partial charge in [-0.05, 0) is 25.8 Å². The number of carbonyl (C=O) groups excluding carboxylic acids is 1. The minimum absolute atomic E-state index is 0.0688. The minimum Gasteiger partial charge on any atom is -0.472 e. The second-order valence-electron chi connectivity index (χ2n) is 6.67. The van der Waals surface area contributed by atoms with Crippen LogP contribution in [0, 0.1) is 5.41 Å². The van der Waals surface area contributed by atoms with Crippen LogP contribution in [0.25, 0.3) is 0 Å². The molecular formula is C18H24N8O2. The molecule has 2 aromatic heterocycles. The topological polar surface area (TPSA) is 135 Å². The van der Waals surface area contributed by atoms with Crippen molar-refractivity contribution in [3.63, 3.8) is 0 Å². The summed E-state index contributed by atoms with van der Waals surface area (Å²) in [5.74, 6) is 0.650. The molecule has 1 aliphatic heterocycles. The second-order valence-corrected chi connectivity index (χ2v) is 6.67. The lowest BCUT2D eigenvalue weighted by atomic mass is 10.0. The van der Waals surface area contributed by atoms with E-state index in [2.05, 4.69) is 20.6 Å². The van der Waals surface area contributed by atoms with Gasteiger partial charge in [-0.1, -0.05) is 0 Å². The van der Waals surface area contributed by atoms with Crippen molar-refractivity contribution in [3.05, 3.63) is 30.1 Å². The maximum Gasteiger partial charge on any atom is 0.259 e. The summed E-state index contributed by atoms with van der Waals surface area (Å²) < 4.78 is 7.50.